The molecule has 0 spiro atoms. The number of esters is 1. The molecule has 2 heterocycles. The molecule has 8 heteroatoms. The second-order valence-corrected chi connectivity index (χ2v) is 13.7. The lowest BCUT2D eigenvalue weighted by molar-refractivity contribution is -0.206. The molecular formula is C30H47N3O5. The van der Waals surface area contributed by atoms with Crippen LogP contribution in [-0.2, 0) is 9.53 Å². The number of hydrogen-bond acceptors (Lipinski definition) is 6. The van der Waals surface area contributed by atoms with Gasteiger partial charge in [-0.2, -0.15) is 0 Å². The lowest BCUT2D eigenvalue weighted by Gasteiger charge is -2.64. The van der Waals surface area contributed by atoms with Gasteiger partial charge in [-0.05, 0) is 92.4 Å². The number of aliphatic hydroxyl groups is 2. The van der Waals surface area contributed by atoms with Gasteiger partial charge in [-0.1, -0.05) is 13.8 Å². The zero-order valence-corrected chi connectivity index (χ0v) is 23.3. The third-order valence-electron chi connectivity index (χ3n) is 12.4. The molecule has 1 saturated heterocycles. The Hall–Kier alpha value is -1.64. The number of hydrogen-bond donors (Lipinski definition) is 3. The smallest absolute Gasteiger partial charge is 0.331 e. The van der Waals surface area contributed by atoms with E-state index in [2.05, 4.69) is 19.2 Å². The number of urea groups is 1. The van der Waals surface area contributed by atoms with Crippen molar-refractivity contribution in [1.29, 1.82) is 0 Å². The van der Waals surface area contributed by atoms with Crippen LogP contribution in [0.4, 0.5) is 4.79 Å². The van der Waals surface area contributed by atoms with Crippen LogP contribution >= 0.6 is 0 Å². The van der Waals surface area contributed by atoms with Crippen molar-refractivity contribution < 1.29 is 24.5 Å². The number of fused-ring (bicyclic) bond motifs is 5. The fraction of sp³-hybridized carbons (Fsp3) is 0.867. The summed E-state index contributed by atoms with van der Waals surface area (Å²) in [5, 5.41) is 25.6. The van der Waals surface area contributed by atoms with Crippen LogP contribution in [0.5, 0.6) is 0 Å². The highest BCUT2D eigenvalue weighted by Gasteiger charge is 2.67. The number of aliphatic hydroxyl groups excluding tert-OH is 1. The molecule has 0 aromatic carbocycles. The van der Waals surface area contributed by atoms with E-state index < -0.39 is 5.60 Å². The normalized spacial score (nSPS) is 44.5. The molecule has 4 saturated carbocycles. The molecule has 0 aromatic rings. The molecule has 6 aliphatic rings. The van der Waals surface area contributed by atoms with Crippen LogP contribution in [0.25, 0.3) is 0 Å². The van der Waals surface area contributed by atoms with Gasteiger partial charge in [-0.25, -0.2) is 9.59 Å². The van der Waals surface area contributed by atoms with Crippen molar-refractivity contribution in [1.82, 2.24) is 15.1 Å². The summed E-state index contributed by atoms with van der Waals surface area (Å²) in [5.74, 6) is 1.31. The van der Waals surface area contributed by atoms with E-state index in [9.17, 15) is 19.8 Å². The van der Waals surface area contributed by atoms with Crippen LogP contribution in [0, 0.1) is 34.5 Å². The molecule has 4 aliphatic carbocycles. The third-order valence-corrected chi connectivity index (χ3v) is 12.4. The molecule has 0 unspecified atom stereocenters. The molecule has 3 N–H and O–H groups in total. The predicted molar refractivity (Wildman–Crippen MR) is 143 cm³/mol. The first-order valence-corrected chi connectivity index (χ1v) is 15.2. The maximum Gasteiger partial charge on any atom is 0.331 e. The van der Waals surface area contributed by atoms with E-state index in [0.29, 0.717) is 30.9 Å². The minimum absolute atomic E-state index is 0.000810. The number of rotatable bonds is 4. The van der Waals surface area contributed by atoms with Crippen molar-refractivity contribution >= 4 is 12.0 Å². The number of carbonyl (C=O) groups is 2. The number of nitrogens with one attached hydrogen (secondary N) is 1. The van der Waals surface area contributed by atoms with Crippen molar-refractivity contribution in [3.63, 3.8) is 0 Å². The Labute approximate surface area is 227 Å². The number of ether oxygens (including phenoxy) is 1. The highest BCUT2D eigenvalue weighted by atomic mass is 16.5. The molecule has 212 valence electrons. The van der Waals surface area contributed by atoms with Gasteiger partial charge in [0.25, 0.3) is 0 Å². The van der Waals surface area contributed by atoms with E-state index in [-0.39, 0.29) is 41.4 Å². The molecular weight excluding hydrogens is 482 g/mol. The Bertz CT molecular complexity index is 981. The molecule has 2 amide bonds. The molecule has 2 aliphatic heterocycles. The number of cyclic esters (lactones) is 1. The minimum atomic E-state index is -0.695. The second kappa shape index (κ2) is 9.77. The Morgan fingerprint density at radius 2 is 1.89 bits per heavy atom. The van der Waals surface area contributed by atoms with Crippen LogP contribution in [0.2, 0.25) is 0 Å². The summed E-state index contributed by atoms with van der Waals surface area (Å²) in [4.78, 5) is 29.2. The maximum atomic E-state index is 13.5. The zero-order chi connectivity index (χ0) is 26.7. The first-order valence-electron chi connectivity index (χ1n) is 15.2. The van der Waals surface area contributed by atoms with Crippen LogP contribution < -0.4 is 5.32 Å². The molecule has 38 heavy (non-hydrogen) atoms. The molecule has 5 fully saturated rings. The number of amides is 2. The summed E-state index contributed by atoms with van der Waals surface area (Å²) in [6.45, 7) is 8.68. The van der Waals surface area contributed by atoms with Gasteiger partial charge in [0.1, 0.15) is 6.61 Å². The summed E-state index contributed by atoms with van der Waals surface area (Å²) in [6.07, 6.45) is 10.7. The highest BCUT2D eigenvalue weighted by molar-refractivity contribution is 5.85. The highest BCUT2D eigenvalue weighted by Crippen LogP contribution is 2.70. The van der Waals surface area contributed by atoms with Crippen LogP contribution in [0.1, 0.15) is 71.6 Å². The van der Waals surface area contributed by atoms with Crippen LogP contribution in [-0.4, -0.2) is 89.6 Å². The summed E-state index contributed by atoms with van der Waals surface area (Å²) < 4.78 is 5.27. The van der Waals surface area contributed by atoms with Gasteiger partial charge in [0.05, 0.1) is 12.2 Å². The standard InChI is InChI=1S/C30H47N3O5/c1-28-8-5-22(33(15-16-34)27(36)32-13-11-31-12-14-32)18-21(28)3-4-25-24(28)6-9-29(2)23(7-10-30(25,29)37)20-17-26(35)38-19-20/h17,21-25,31,34,37H,3-16,18-19H2,1-2H3/t21-,22+,23-,24+,25-,28+,29-,30+/m1/s1. The third kappa shape index (κ3) is 3.95. The fourth-order valence-electron chi connectivity index (χ4n) is 10.3. The average Bonchev–Trinajstić information content (AvgIpc) is 3.46. The second-order valence-electron chi connectivity index (χ2n) is 13.7. The maximum absolute atomic E-state index is 13.5. The molecule has 8 atom stereocenters. The number of piperazine rings is 1. The van der Waals surface area contributed by atoms with Crippen molar-refractivity contribution in [3.05, 3.63) is 11.6 Å². The van der Waals surface area contributed by atoms with Crippen molar-refractivity contribution in [2.45, 2.75) is 83.3 Å². The topological polar surface area (TPSA) is 102 Å². The quantitative estimate of drug-likeness (QED) is 0.484. The van der Waals surface area contributed by atoms with Crippen LogP contribution in [0.3, 0.4) is 0 Å². The summed E-state index contributed by atoms with van der Waals surface area (Å²) in [6, 6.07) is 0.269. The van der Waals surface area contributed by atoms with E-state index >= 15 is 0 Å². The Kier molecular flexibility index (Phi) is 6.83. The van der Waals surface area contributed by atoms with E-state index in [1.807, 2.05) is 9.80 Å². The van der Waals surface area contributed by atoms with Gasteiger partial charge in [-0.3, -0.25) is 0 Å². The van der Waals surface area contributed by atoms with Gasteiger partial charge >= 0.3 is 12.0 Å². The zero-order valence-electron chi connectivity index (χ0n) is 23.3. The predicted octanol–water partition coefficient (Wildman–Crippen LogP) is 2.93. The molecule has 0 aromatic heterocycles. The van der Waals surface area contributed by atoms with Crippen molar-refractivity contribution in [2.75, 3.05) is 45.9 Å². The van der Waals surface area contributed by atoms with Gasteiger partial charge in [0, 0.05) is 50.3 Å². The van der Waals surface area contributed by atoms with E-state index in [4.69, 9.17) is 4.74 Å². The molecule has 0 bridgehead atoms. The van der Waals surface area contributed by atoms with Crippen molar-refractivity contribution in [2.24, 2.45) is 34.5 Å². The van der Waals surface area contributed by atoms with Crippen molar-refractivity contribution in [3.8, 4) is 0 Å². The van der Waals surface area contributed by atoms with Gasteiger partial charge < -0.3 is 30.1 Å². The summed E-state index contributed by atoms with van der Waals surface area (Å²) >= 11 is 0. The molecule has 6 rings (SSSR count). The fourth-order valence-corrected chi connectivity index (χ4v) is 10.3. The van der Waals surface area contributed by atoms with E-state index in [1.165, 1.54) is 0 Å². The van der Waals surface area contributed by atoms with Gasteiger partial charge in [-0.15, -0.1) is 0 Å². The molecule has 8 nitrogen and oxygen atoms in total. The van der Waals surface area contributed by atoms with Gasteiger partial charge in [0.2, 0.25) is 0 Å². The Morgan fingerprint density at radius 1 is 1.11 bits per heavy atom. The first kappa shape index (κ1) is 26.6. The number of nitrogens with zero attached hydrogens (tertiary/aromatic N) is 2. The average molecular weight is 530 g/mol. The minimum Gasteiger partial charge on any atom is -0.458 e. The first-order chi connectivity index (χ1) is 18.2. The summed E-state index contributed by atoms with van der Waals surface area (Å²) in [7, 11) is 0. The number of carbonyl (C=O) groups excluding carboxylic acids is 2. The van der Waals surface area contributed by atoms with Gasteiger partial charge in [0.15, 0.2) is 0 Å². The lowest BCUT2D eigenvalue weighted by Crippen LogP contribution is -2.63. The Morgan fingerprint density at radius 3 is 2.61 bits per heavy atom. The summed E-state index contributed by atoms with van der Waals surface area (Å²) in [5.41, 5.74) is 0.357. The van der Waals surface area contributed by atoms with Crippen LogP contribution in [0.15, 0.2) is 11.6 Å². The molecule has 0 radical (unpaired) electrons. The lowest BCUT2D eigenvalue weighted by atomic mass is 9.43. The Balaban J connectivity index is 1.19. The van der Waals surface area contributed by atoms with E-state index in [0.717, 1.165) is 89.5 Å². The largest absolute Gasteiger partial charge is 0.458 e. The SMILES string of the molecule is C[C@]12CC[C@H](N(CCO)C(=O)N3CCNCC3)C[C@H]1CC[C@@H]1[C@@H]2CC[C@]2(C)[C@@H](C3=CC(=O)OC3)CC[C@]12O. The van der Waals surface area contributed by atoms with E-state index in [1.54, 1.807) is 6.08 Å². The monoisotopic (exact) mass is 529 g/mol.